The van der Waals surface area contributed by atoms with E-state index < -0.39 is 0 Å². The number of fused-ring (bicyclic) bond motifs is 4. The second-order valence-electron chi connectivity index (χ2n) is 13.6. The first-order valence-electron chi connectivity index (χ1n) is 14.4. The van der Waals surface area contributed by atoms with Crippen LogP contribution in [0.4, 0.5) is 10.1 Å². The molecule has 6 nitrogen and oxygen atoms in total. The number of aromatic nitrogens is 2. The van der Waals surface area contributed by atoms with Crippen LogP contribution in [0.25, 0.3) is 10.9 Å². The molecule has 13 atom stereocenters. The molecule has 2 aromatic heterocycles. The summed E-state index contributed by atoms with van der Waals surface area (Å²) < 4.78 is 15.0. The Bertz CT molecular complexity index is 1510. The van der Waals surface area contributed by atoms with Gasteiger partial charge in [0.2, 0.25) is 0 Å². The largest absolute Gasteiger partial charge is 0.369 e. The van der Waals surface area contributed by atoms with Crippen molar-refractivity contribution in [3.05, 3.63) is 46.8 Å². The van der Waals surface area contributed by atoms with Crippen molar-refractivity contribution in [1.29, 1.82) is 0 Å². The normalized spacial score (nSPS) is 54.6. The third-order valence-corrected chi connectivity index (χ3v) is 14.4. The van der Waals surface area contributed by atoms with E-state index in [4.69, 9.17) is 0 Å². The van der Waals surface area contributed by atoms with Crippen molar-refractivity contribution in [2.24, 2.45) is 52.3 Å². The van der Waals surface area contributed by atoms with Crippen LogP contribution in [-0.4, -0.2) is 34.3 Å². The van der Waals surface area contributed by atoms with Crippen LogP contribution in [0.15, 0.2) is 36.1 Å². The zero-order valence-electron chi connectivity index (χ0n) is 20.5. The Hall–Kier alpha value is -2.00. The molecule has 8 aliphatic rings. The van der Waals surface area contributed by atoms with Crippen LogP contribution >= 0.6 is 11.3 Å². The van der Waals surface area contributed by atoms with Crippen LogP contribution < -0.4 is 21.3 Å². The lowest BCUT2D eigenvalue weighted by Gasteiger charge is -2.92. The van der Waals surface area contributed by atoms with E-state index in [1.807, 2.05) is 24.0 Å². The highest BCUT2D eigenvalue weighted by molar-refractivity contribution is 7.09. The molecule has 2 bridgehead atoms. The Balaban J connectivity index is 1.05. The Morgan fingerprint density at radius 3 is 2.76 bits per heavy atom. The highest BCUT2D eigenvalue weighted by atomic mass is 32.1. The maximum Gasteiger partial charge on any atom is 0.149 e. The van der Waals surface area contributed by atoms with Gasteiger partial charge in [-0.3, -0.25) is 15.6 Å². The molecule has 4 heterocycles. The molecule has 13 unspecified atom stereocenters. The summed E-state index contributed by atoms with van der Waals surface area (Å²) in [6, 6.07) is 6.13. The third-order valence-electron chi connectivity index (χ3n) is 13.6. The summed E-state index contributed by atoms with van der Waals surface area (Å²) in [5.41, 5.74) is 4.78. The smallest absolute Gasteiger partial charge is 0.149 e. The Morgan fingerprint density at radius 1 is 1.03 bits per heavy atom. The first-order valence-corrected chi connectivity index (χ1v) is 15.2. The van der Waals surface area contributed by atoms with E-state index in [2.05, 4.69) is 37.3 Å². The molecule has 190 valence electrons. The Kier molecular flexibility index (Phi) is 3.20. The average molecular weight is 515 g/mol. The molecule has 2 aliphatic heterocycles. The molecule has 11 rings (SSSR count). The molecule has 2 saturated heterocycles. The van der Waals surface area contributed by atoms with Crippen LogP contribution in [0, 0.1) is 58.1 Å². The Labute approximate surface area is 218 Å². The highest BCUT2D eigenvalue weighted by Gasteiger charge is 3.02. The lowest BCUT2D eigenvalue weighted by Crippen LogP contribution is -2.89. The third kappa shape index (κ3) is 1.75. The summed E-state index contributed by atoms with van der Waals surface area (Å²) in [6.45, 7) is 1.03. The van der Waals surface area contributed by atoms with Gasteiger partial charge in [0.05, 0.1) is 28.2 Å². The minimum atomic E-state index is -0.189. The first-order chi connectivity index (χ1) is 18.2. The molecular formula is C29H31FN6S. The molecular weight excluding hydrogens is 483 g/mol. The summed E-state index contributed by atoms with van der Waals surface area (Å²) in [4.78, 5) is 8.64. The number of rotatable bonds is 3. The number of halogens is 1. The minimum Gasteiger partial charge on any atom is -0.369 e. The lowest BCUT2D eigenvalue weighted by atomic mass is 9.12. The molecule has 6 saturated carbocycles. The van der Waals surface area contributed by atoms with E-state index >= 15 is 4.39 Å². The van der Waals surface area contributed by atoms with E-state index in [0.29, 0.717) is 28.3 Å². The van der Waals surface area contributed by atoms with Crippen LogP contribution in [0.1, 0.15) is 36.7 Å². The van der Waals surface area contributed by atoms with Gasteiger partial charge >= 0.3 is 0 Å². The first kappa shape index (κ1) is 20.0. The molecule has 8 fully saturated rings. The summed E-state index contributed by atoms with van der Waals surface area (Å²) in [7, 11) is 0. The van der Waals surface area contributed by atoms with Crippen molar-refractivity contribution in [1.82, 2.24) is 25.9 Å². The number of H-pyrrole nitrogens is 1. The molecule has 8 heteroatoms. The lowest BCUT2D eigenvalue weighted by molar-refractivity contribution is -0.444. The van der Waals surface area contributed by atoms with Gasteiger partial charge in [0.25, 0.3) is 0 Å². The number of benzene rings is 1. The molecule has 5 N–H and O–H groups in total. The van der Waals surface area contributed by atoms with Gasteiger partial charge in [-0.15, -0.1) is 11.3 Å². The number of anilines is 1. The van der Waals surface area contributed by atoms with Crippen molar-refractivity contribution in [2.75, 3.05) is 11.9 Å². The van der Waals surface area contributed by atoms with Crippen LogP contribution in [-0.2, 0) is 0 Å². The number of hydrogen-bond donors (Lipinski definition) is 5. The van der Waals surface area contributed by atoms with Gasteiger partial charge in [-0.1, -0.05) is 0 Å². The summed E-state index contributed by atoms with van der Waals surface area (Å²) in [5, 5.41) is 17.2. The number of aromatic amines is 1. The molecule has 37 heavy (non-hydrogen) atoms. The maximum absolute atomic E-state index is 15.0. The van der Waals surface area contributed by atoms with Crippen molar-refractivity contribution >= 4 is 27.9 Å². The number of hydrogen-bond acceptors (Lipinski definition) is 6. The van der Waals surface area contributed by atoms with E-state index in [1.54, 1.807) is 17.4 Å². The SMILES string of the molecule is Fc1cc(NC2NC(c3cncs3)NC3CNC4(C5CC6CC7C8CC9CC5C98C674)C32)cc2cc[nH]c12. The van der Waals surface area contributed by atoms with Gasteiger partial charge < -0.3 is 15.6 Å². The quantitative estimate of drug-likeness (QED) is 0.365. The second-order valence-corrected chi connectivity index (χ2v) is 14.6. The van der Waals surface area contributed by atoms with Gasteiger partial charge in [0.15, 0.2) is 0 Å². The fourth-order valence-electron chi connectivity index (χ4n) is 13.3. The van der Waals surface area contributed by atoms with Crippen molar-refractivity contribution in [3.63, 3.8) is 0 Å². The van der Waals surface area contributed by atoms with E-state index in [0.717, 1.165) is 53.1 Å². The monoisotopic (exact) mass is 514 g/mol. The predicted molar refractivity (Wildman–Crippen MR) is 139 cm³/mol. The van der Waals surface area contributed by atoms with Crippen molar-refractivity contribution < 1.29 is 4.39 Å². The molecule has 0 radical (unpaired) electrons. The maximum atomic E-state index is 15.0. The fraction of sp³-hybridized carbons (Fsp3) is 0.621. The van der Waals surface area contributed by atoms with Gasteiger partial charge in [-0.05, 0) is 84.8 Å². The van der Waals surface area contributed by atoms with Crippen molar-refractivity contribution in [2.45, 2.75) is 49.6 Å². The summed E-state index contributed by atoms with van der Waals surface area (Å²) in [5.74, 6) is 5.91. The van der Waals surface area contributed by atoms with Gasteiger partial charge in [-0.2, -0.15) is 0 Å². The van der Waals surface area contributed by atoms with Gasteiger partial charge in [0, 0.05) is 52.9 Å². The van der Waals surface area contributed by atoms with Crippen molar-refractivity contribution in [3.8, 4) is 0 Å². The van der Waals surface area contributed by atoms with Crippen LogP contribution in [0.2, 0.25) is 0 Å². The van der Waals surface area contributed by atoms with E-state index in [1.165, 1.54) is 30.6 Å². The fourth-order valence-corrected chi connectivity index (χ4v) is 14.0. The molecule has 6 aliphatic carbocycles. The number of nitrogens with zero attached hydrogens (tertiary/aromatic N) is 1. The molecule has 0 amide bonds. The van der Waals surface area contributed by atoms with Gasteiger partial charge in [0.1, 0.15) is 5.82 Å². The molecule has 3 aromatic rings. The highest BCUT2D eigenvalue weighted by Crippen LogP contribution is 3.03. The summed E-state index contributed by atoms with van der Waals surface area (Å²) in [6.07, 6.45) is 9.86. The topological polar surface area (TPSA) is 76.8 Å². The average Bonchev–Trinajstić information content (AvgIpc) is 3.68. The second kappa shape index (κ2) is 5.93. The minimum absolute atomic E-state index is 0.0515. The zero-order valence-corrected chi connectivity index (χ0v) is 21.3. The number of nitrogens with one attached hydrogen (secondary N) is 5. The van der Waals surface area contributed by atoms with Crippen LogP contribution in [0.3, 0.4) is 0 Å². The van der Waals surface area contributed by atoms with Gasteiger partial charge in [-0.25, -0.2) is 4.39 Å². The van der Waals surface area contributed by atoms with E-state index in [9.17, 15) is 0 Å². The summed E-state index contributed by atoms with van der Waals surface area (Å²) >= 11 is 1.70. The number of thiazole rings is 1. The standard InChI is InChI=1S/C29H31FN6S/c30-20-8-15(3-12-1-2-32-24(12)20)34-26-23-21(35-25(36-26)22-10-31-11-37-22)9-33-29(23)19-7-14-6-18-16-4-13-5-17(19)27(13,16)28(14,18)29/h1-3,8,10-11,13-14,16-19,21,23,25-26,32-36H,4-7,9H2. The zero-order chi connectivity index (χ0) is 23.9. The molecule has 1 aromatic carbocycles. The molecule has 3 spiro atoms. The predicted octanol–water partition coefficient (Wildman–Crippen LogP) is 4.03. The Morgan fingerprint density at radius 2 is 1.89 bits per heavy atom. The van der Waals surface area contributed by atoms with Crippen LogP contribution in [0.5, 0.6) is 0 Å². The van der Waals surface area contributed by atoms with E-state index in [-0.39, 0.29) is 23.7 Å².